The maximum atomic E-state index is 12.8. The van der Waals surface area contributed by atoms with E-state index >= 15 is 0 Å². The van der Waals surface area contributed by atoms with E-state index in [4.69, 9.17) is 14.2 Å². The smallest absolute Gasteiger partial charge is 0.316 e. The highest BCUT2D eigenvalue weighted by molar-refractivity contribution is 5.43. The van der Waals surface area contributed by atoms with Crippen LogP contribution in [0, 0.1) is 11.8 Å². The van der Waals surface area contributed by atoms with E-state index in [1.165, 1.54) is 17.4 Å². The van der Waals surface area contributed by atoms with Crippen LogP contribution >= 0.6 is 0 Å². The second-order valence-corrected chi connectivity index (χ2v) is 8.30. The molecule has 1 aliphatic heterocycles. The van der Waals surface area contributed by atoms with E-state index in [2.05, 4.69) is 10.1 Å². The molecular weight excluding hydrogens is 372 g/mol. The molecule has 0 amide bonds. The number of imidazole rings is 1. The highest BCUT2D eigenvalue weighted by Gasteiger charge is 2.25. The standard InChI is InChI=1S/C21H32N4O4/c1-3-27-13-15-4-6-16(7-5-15)14-29-21-23-25-18(20(26)24(21)2)12-22-19(25)17-8-10-28-11-9-17/h12,15-17H,3-11,13-14H2,1-2H3/t15-,16-. The summed E-state index contributed by atoms with van der Waals surface area (Å²) in [6, 6.07) is 0.366. The minimum absolute atomic E-state index is 0.124. The summed E-state index contributed by atoms with van der Waals surface area (Å²) in [5, 5.41) is 4.64. The van der Waals surface area contributed by atoms with Gasteiger partial charge in [0, 0.05) is 39.4 Å². The molecule has 0 spiro atoms. The van der Waals surface area contributed by atoms with Gasteiger partial charge >= 0.3 is 6.01 Å². The van der Waals surface area contributed by atoms with E-state index in [1.807, 2.05) is 6.92 Å². The molecule has 8 heteroatoms. The lowest BCUT2D eigenvalue weighted by Gasteiger charge is -2.28. The number of hydrogen-bond donors (Lipinski definition) is 0. The minimum Gasteiger partial charge on any atom is -0.463 e. The lowest BCUT2D eigenvalue weighted by molar-refractivity contribution is 0.0775. The largest absolute Gasteiger partial charge is 0.463 e. The molecule has 29 heavy (non-hydrogen) atoms. The van der Waals surface area contributed by atoms with Gasteiger partial charge in [-0.05, 0) is 57.3 Å². The molecule has 0 aromatic carbocycles. The van der Waals surface area contributed by atoms with Crippen molar-refractivity contribution >= 4 is 5.52 Å². The van der Waals surface area contributed by atoms with Crippen molar-refractivity contribution in [1.29, 1.82) is 0 Å². The van der Waals surface area contributed by atoms with Crippen LogP contribution in [-0.2, 0) is 16.5 Å². The van der Waals surface area contributed by atoms with Gasteiger partial charge in [-0.1, -0.05) is 0 Å². The first kappa shape index (κ1) is 20.3. The van der Waals surface area contributed by atoms with Gasteiger partial charge in [-0.3, -0.25) is 9.36 Å². The number of aromatic nitrogens is 4. The fraction of sp³-hybridized carbons (Fsp3) is 0.762. The molecule has 3 heterocycles. The number of hydrogen-bond acceptors (Lipinski definition) is 6. The van der Waals surface area contributed by atoms with Crippen LogP contribution in [0.15, 0.2) is 11.0 Å². The lowest BCUT2D eigenvalue weighted by Crippen LogP contribution is -2.27. The molecule has 0 atom stereocenters. The predicted molar refractivity (Wildman–Crippen MR) is 108 cm³/mol. The van der Waals surface area contributed by atoms with Crippen LogP contribution in [-0.4, -0.2) is 52.2 Å². The third-order valence-corrected chi connectivity index (χ3v) is 6.32. The van der Waals surface area contributed by atoms with Gasteiger partial charge in [-0.25, -0.2) is 9.50 Å². The van der Waals surface area contributed by atoms with Gasteiger partial charge in [0.2, 0.25) is 0 Å². The normalized spacial score (nSPS) is 23.5. The first-order chi connectivity index (χ1) is 14.2. The zero-order chi connectivity index (χ0) is 20.2. The van der Waals surface area contributed by atoms with Crippen molar-refractivity contribution < 1.29 is 14.2 Å². The Kier molecular flexibility index (Phi) is 6.50. The topological polar surface area (TPSA) is 79.9 Å². The molecule has 4 rings (SSSR count). The summed E-state index contributed by atoms with van der Waals surface area (Å²) in [6.07, 6.45) is 8.04. The van der Waals surface area contributed by atoms with Crippen molar-refractivity contribution in [2.24, 2.45) is 18.9 Å². The monoisotopic (exact) mass is 404 g/mol. The molecule has 1 saturated carbocycles. The minimum atomic E-state index is -0.124. The van der Waals surface area contributed by atoms with E-state index in [1.54, 1.807) is 17.8 Å². The summed E-state index contributed by atoms with van der Waals surface area (Å²) in [7, 11) is 1.71. The van der Waals surface area contributed by atoms with Gasteiger partial charge in [0.15, 0.2) is 5.52 Å². The summed E-state index contributed by atoms with van der Waals surface area (Å²) in [4.78, 5) is 17.3. The van der Waals surface area contributed by atoms with Crippen molar-refractivity contribution in [2.45, 2.75) is 51.4 Å². The first-order valence-electron chi connectivity index (χ1n) is 10.9. The molecule has 2 aromatic heterocycles. The molecule has 8 nitrogen and oxygen atoms in total. The van der Waals surface area contributed by atoms with Gasteiger partial charge in [0.05, 0.1) is 12.8 Å². The average Bonchev–Trinajstić information content (AvgIpc) is 3.19. The highest BCUT2D eigenvalue weighted by atomic mass is 16.5. The first-order valence-corrected chi connectivity index (χ1v) is 10.9. The average molecular weight is 405 g/mol. The molecule has 0 bridgehead atoms. The highest BCUT2D eigenvalue weighted by Crippen LogP contribution is 2.29. The molecule has 0 unspecified atom stereocenters. The molecule has 1 aliphatic carbocycles. The van der Waals surface area contributed by atoms with Crippen LogP contribution < -0.4 is 10.3 Å². The van der Waals surface area contributed by atoms with Gasteiger partial charge < -0.3 is 14.2 Å². The Morgan fingerprint density at radius 1 is 1.10 bits per heavy atom. The van der Waals surface area contributed by atoms with E-state index in [-0.39, 0.29) is 11.5 Å². The zero-order valence-electron chi connectivity index (χ0n) is 17.5. The van der Waals surface area contributed by atoms with Crippen molar-refractivity contribution in [1.82, 2.24) is 19.2 Å². The SMILES string of the molecule is CCOC[C@H]1CC[C@H](COc2nn3c(C4CCOCC4)ncc3c(=O)n2C)CC1. The quantitative estimate of drug-likeness (QED) is 0.706. The molecule has 1 saturated heterocycles. The van der Waals surface area contributed by atoms with Crippen molar-refractivity contribution in [2.75, 3.05) is 33.0 Å². The van der Waals surface area contributed by atoms with E-state index < -0.39 is 0 Å². The summed E-state index contributed by atoms with van der Waals surface area (Å²) in [5.41, 5.74) is 0.374. The third kappa shape index (κ3) is 4.48. The Morgan fingerprint density at radius 3 is 2.48 bits per heavy atom. The van der Waals surface area contributed by atoms with Crippen LogP contribution in [0.1, 0.15) is 57.2 Å². The van der Waals surface area contributed by atoms with Crippen molar-refractivity contribution in [3.63, 3.8) is 0 Å². The van der Waals surface area contributed by atoms with Crippen LogP contribution in [0.5, 0.6) is 6.01 Å². The van der Waals surface area contributed by atoms with Crippen molar-refractivity contribution in [3.8, 4) is 6.01 Å². The molecule has 160 valence electrons. The fourth-order valence-electron chi connectivity index (χ4n) is 4.42. The second-order valence-electron chi connectivity index (χ2n) is 8.30. The molecule has 0 radical (unpaired) electrons. The number of ether oxygens (including phenoxy) is 3. The number of rotatable bonds is 7. The summed E-state index contributed by atoms with van der Waals surface area (Å²) >= 11 is 0. The maximum Gasteiger partial charge on any atom is 0.316 e. The van der Waals surface area contributed by atoms with E-state index in [9.17, 15) is 4.79 Å². The molecule has 2 aliphatic rings. The maximum absolute atomic E-state index is 12.8. The Hall–Kier alpha value is -1.93. The summed E-state index contributed by atoms with van der Waals surface area (Å²) in [6.45, 7) is 5.73. The lowest BCUT2D eigenvalue weighted by atomic mass is 9.83. The molecular formula is C21H32N4O4. The Bertz CT molecular complexity index is 863. The molecule has 2 aromatic rings. The second kappa shape index (κ2) is 9.26. The fourth-order valence-corrected chi connectivity index (χ4v) is 4.42. The van der Waals surface area contributed by atoms with Crippen LogP contribution in [0.3, 0.4) is 0 Å². The zero-order valence-corrected chi connectivity index (χ0v) is 17.5. The Morgan fingerprint density at radius 2 is 1.79 bits per heavy atom. The predicted octanol–water partition coefficient (Wildman–Crippen LogP) is 2.54. The third-order valence-electron chi connectivity index (χ3n) is 6.32. The Labute approximate surface area is 171 Å². The summed E-state index contributed by atoms with van der Waals surface area (Å²) in [5.74, 6) is 2.26. The van der Waals surface area contributed by atoms with E-state index in [0.29, 0.717) is 30.0 Å². The summed E-state index contributed by atoms with van der Waals surface area (Å²) < 4.78 is 20.2. The number of fused-ring (bicyclic) bond motifs is 1. The van der Waals surface area contributed by atoms with Gasteiger partial charge in [-0.2, -0.15) is 0 Å². The Balaban J connectivity index is 1.45. The van der Waals surface area contributed by atoms with Crippen LogP contribution in [0.25, 0.3) is 5.52 Å². The van der Waals surface area contributed by atoms with Gasteiger partial charge in [0.1, 0.15) is 5.82 Å². The molecule has 0 N–H and O–H groups in total. The van der Waals surface area contributed by atoms with Crippen molar-refractivity contribution in [3.05, 3.63) is 22.4 Å². The molecule has 2 fully saturated rings. The van der Waals surface area contributed by atoms with Gasteiger partial charge in [-0.15, -0.1) is 5.10 Å². The van der Waals surface area contributed by atoms with Gasteiger partial charge in [0.25, 0.3) is 5.56 Å². The van der Waals surface area contributed by atoms with Crippen LogP contribution in [0.2, 0.25) is 0 Å². The number of nitrogens with zero attached hydrogens (tertiary/aromatic N) is 4. The van der Waals surface area contributed by atoms with Crippen LogP contribution in [0.4, 0.5) is 0 Å². The van der Waals surface area contributed by atoms with E-state index in [0.717, 1.165) is 57.9 Å².